The van der Waals surface area contributed by atoms with E-state index in [1.807, 2.05) is 52.0 Å². The Labute approximate surface area is 285 Å². The van der Waals surface area contributed by atoms with Crippen molar-refractivity contribution in [2.45, 2.75) is 85.3 Å². The molecule has 1 fully saturated rings. The SMILES string of the molecule is Cc1cccnc1N(C(=O)c1ccc(-c2cnn(C)c2-c2nnn(C(C)OC(=O)OC(C)C)n2)cc1)C1CCCN(C(=O)OC(C)(C)C)C1. The molecule has 1 aliphatic rings. The monoisotopic (exact) mass is 673 g/mol. The quantitative estimate of drug-likeness (QED) is 0.215. The van der Waals surface area contributed by atoms with Crippen molar-refractivity contribution in [3.05, 3.63) is 59.9 Å². The third kappa shape index (κ3) is 8.21. The Hall–Kier alpha value is -5.34. The Morgan fingerprint density at radius 1 is 1.04 bits per heavy atom. The van der Waals surface area contributed by atoms with Gasteiger partial charge in [0.15, 0.2) is 0 Å². The number of likely N-dealkylation sites (tertiary alicyclic amines) is 1. The molecule has 4 aromatic rings. The summed E-state index contributed by atoms with van der Waals surface area (Å²) in [5, 5.41) is 17.1. The summed E-state index contributed by atoms with van der Waals surface area (Å²) < 4.78 is 17.5. The number of aromatic nitrogens is 7. The molecule has 15 heteroatoms. The molecule has 0 aliphatic carbocycles. The minimum absolute atomic E-state index is 0.231. The summed E-state index contributed by atoms with van der Waals surface area (Å²) in [7, 11) is 1.76. The van der Waals surface area contributed by atoms with Gasteiger partial charge < -0.3 is 19.1 Å². The first-order chi connectivity index (χ1) is 23.2. The molecule has 2 amide bonds. The van der Waals surface area contributed by atoms with Gasteiger partial charge >= 0.3 is 12.2 Å². The maximum absolute atomic E-state index is 14.3. The fourth-order valence-electron chi connectivity index (χ4n) is 5.55. The number of tetrazole rings is 1. The second kappa shape index (κ2) is 14.4. The van der Waals surface area contributed by atoms with E-state index in [9.17, 15) is 14.4 Å². The average molecular weight is 674 g/mol. The zero-order chi connectivity index (χ0) is 35.5. The van der Waals surface area contributed by atoms with Gasteiger partial charge in [-0.2, -0.15) is 5.10 Å². The molecule has 15 nitrogen and oxygen atoms in total. The van der Waals surface area contributed by atoms with Gasteiger partial charge in [-0.1, -0.05) is 18.2 Å². The molecule has 0 spiro atoms. The zero-order valence-corrected chi connectivity index (χ0v) is 29.2. The van der Waals surface area contributed by atoms with Gasteiger partial charge in [0.25, 0.3) is 5.91 Å². The third-order valence-electron chi connectivity index (χ3n) is 7.79. The first-order valence-electron chi connectivity index (χ1n) is 16.2. The lowest BCUT2D eigenvalue weighted by Gasteiger charge is -2.39. The number of anilines is 1. The van der Waals surface area contributed by atoms with Crippen LogP contribution in [0.2, 0.25) is 0 Å². The number of carbonyl (C=O) groups is 3. The van der Waals surface area contributed by atoms with Crippen molar-refractivity contribution in [2.24, 2.45) is 7.05 Å². The van der Waals surface area contributed by atoms with E-state index in [1.54, 1.807) is 66.8 Å². The van der Waals surface area contributed by atoms with Gasteiger partial charge in [-0.3, -0.25) is 14.4 Å². The normalized spacial score (nSPS) is 15.5. The first-order valence-corrected chi connectivity index (χ1v) is 16.2. The van der Waals surface area contributed by atoms with Crippen LogP contribution in [0, 0.1) is 6.92 Å². The van der Waals surface area contributed by atoms with E-state index in [0.717, 1.165) is 11.1 Å². The van der Waals surface area contributed by atoms with Gasteiger partial charge in [0, 0.05) is 37.5 Å². The number of ether oxygens (including phenoxy) is 3. The van der Waals surface area contributed by atoms with Gasteiger partial charge in [-0.05, 0) is 95.8 Å². The topological polar surface area (TPSA) is 160 Å². The zero-order valence-electron chi connectivity index (χ0n) is 29.2. The number of aryl methyl sites for hydroxylation is 2. The first kappa shape index (κ1) is 35.0. The van der Waals surface area contributed by atoms with E-state index >= 15 is 0 Å². The lowest BCUT2D eigenvalue weighted by atomic mass is 10.0. The summed E-state index contributed by atoms with van der Waals surface area (Å²) in [5.74, 6) is 0.587. The fourth-order valence-corrected chi connectivity index (χ4v) is 5.55. The summed E-state index contributed by atoms with van der Waals surface area (Å²) >= 11 is 0. The van der Waals surface area contributed by atoms with Crippen molar-refractivity contribution in [3.63, 3.8) is 0 Å². The van der Waals surface area contributed by atoms with Crippen molar-refractivity contribution in [1.29, 1.82) is 0 Å². The highest BCUT2D eigenvalue weighted by molar-refractivity contribution is 6.06. The molecule has 0 saturated carbocycles. The Kier molecular flexibility index (Phi) is 10.3. The van der Waals surface area contributed by atoms with Crippen LogP contribution in [0.1, 0.15) is 76.5 Å². The highest BCUT2D eigenvalue weighted by Gasteiger charge is 2.35. The summed E-state index contributed by atoms with van der Waals surface area (Å²) in [5.41, 5.74) is 2.74. The van der Waals surface area contributed by atoms with Crippen LogP contribution in [0.15, 0.2) is 48.8 Å². The Morgan fingerprint density at radius 2 is 1.78 bits per heavy atom. The molecule has 1 aliphatic heterocycles. The molecule has 2 unspecified atom stereocenters. The molecule has 4 heterocycles. The van der Waals surface area contributed by atoms with Crippen molar-refractivity contribution >= 4 is 24.0 Å². The highest BCUT2D eigenvalue weighted by atomic mass is 16.7. The highest BCUT2D eigenvalue weighted by Crippen LogP contribution is 2.32. The lowest BCUT2D eigenvalue weighted by Crippen LogP contribution is -2.53. The second-order valence-electron chi connectivity index (χ2n) is 13.2. The molecule has 260 valence electrons. The summed E-state index contributed by atoms with van der Waals surface area (Å²) in [6.07, 6.45) is 2.34. The predicted molar refractivity (Wildman–Crippen MR) is 179 cm³/mol. The number of carbonyl (C=O) groups excluding carboxylic acids is 3. The van der Waals surface area contributed by atoms with E-state index < -0.39 is 24.1 Å². The second-order valence-corrected chi connectivity index (χ2v) is 13.2. The van der Waals surface area contributed by atoms with Crippen LogP contribution in [0.3, 0.4) is 0 Å². The predicted octanol–water partition coefficient (Wildman–Crippen LogP) is 5.57. The van der Waals surface area contributed by atoms with Gasteiger partial charge in [-0.25, -0.2) is 14.6 Å². The smallest absolute Gasteiger partial charge is 0.444 e. The molecule has 2 atom stereocenters. The molecule has 1 saturated heterocycles. The van der Waals surface area contributed by atoms with Crippen molar-refractivity contribution in [2.75, 3.05) is 18.0 Å². The minimum atomic E-state index is -0.861. The Balaban J connectivity index is 1.39. The number of rotatable bonds is 8. The van der Waals surface area contributed by atoms with E-state index in [4.69, 9.17) is 14.2 Å². The molecular formula is C34H43N9O6. The Morgan fingerprint density at radius 3 is 2.45 bits per heavy atom. The van der Waals surface area contributed by atoms with Crippen LogP contribution in [0.4, 0.5) is 15.4 Å². The number of hydrogen-bond acceptors (Lipinski definition) is 11. The standard InChI is InChI=1S/C34H43N9O6/c1-21(2)47-33(46)48-23(4)43-38-29(37-39-43)28-27(19-36-40(28)8)24-13-15-25(16-14-24)31(44)42(30-22(3)11-9-17-35-30)26-12-10-18-41(20-26)32(45)49-34(5,6)7/h9,11,13-17,19,21,23,26H,10,12,18,20H2,1-8H3. The van der Waals surface area contributed by atoms with Crippen molar-refractivity contribution in [3.8, 4) is 22.6 Å². The number of benzene rings is 1. The molecular weight excluding hydrogens is 630 g/mol. The van der Waals surface area contributed by atoms with Gasteiger partial charge in [0.1, 0.15) is 17.1 Å². The molecule has 5 rings (SSSR count). The van der Waals surface area contributed by atoms with Crippen LogP contribution < -0.4 is 4.90 Å². The van der Waals surface area contributed by atoms with Gasteiger partial charge in [-0.15, -0.1) is 15.0 Å². The van der Waals surface area contributed by atoms with Gasteiger partial charge in [0.05, 0.1) is 18.3 Å². The Bertz CT molecular complexity index is 1790. The number of nitrogens with zero attached hydrogens (tertiary/aromatic N) is 9. The number of piperidine rings is 1. The van der Waals surface area contributed by atoms with Gasteiger partial charge in [0.2, 0.25) is 12.1 Å². The number of hydrogen-bond donors (Lipinski definition) is 0. The molecule has 0 radical (unpaired) electrons. The van der Waals surface area contributed by atoms with Crippen molar-refractivity contribution in [1.82, 2.24) is 39.9 Å². The molecule has 0 bridgehead atoms. The molecule has 1 aromatic carbocycles. The van der Waals surface area contributed by atoms with Crippen LogP contribution in [-0.2, 0) is 21.3 Å². The average Bonchev–Trinajstić information content (AvgIpc) is 3.68. The molecule has 49 heavy (non-hydrogen) atoms. The third-order valence-corrected chi connectivity index (χ3v) is 7.79. The largest absolute Gasteiger partial charge is 0.510 e. The number of pyridine rings is 1. The summed E-state index contributed by atoms with van der Waals surface area (Å²) in [6.45, 7) is 13.3. The number of amides is 2. The summed E-state index contributed by atoms with van der Waals surface area (Å²) in [4.78, 5) is 48.4. The lowest BCUT2D eigenvalue weighted by molar-refractivity contribution is -0.0197. The van der Waals surface area contributed by atoms with Crippen LogP contribution >= 0.6 is 0 Å². The maximum atomic E-state index is 14.3. The molecule has 0 N–H and O–H groups in total. The van der Waals surface area contributed by atoms with Crippen LogP contribution in [0.25, 0.3) is 22.6 Å². The maximum Gasteiger partial charge on any atom is 0.510 e. The fraction of sp³-hybridized carbons (Fsp3) is 0.471. The van der Waals surface area contributed by atoms with E-state index in [0.29, 0.717) is 48.6 Å². The molecule has 3 aromatic heterocycles. The van der Waals surface area contributed by atoms with Crippen molar-refractivity contribution < 1.29 is 28.6 Å². The van der Waals surface area contributed by atoms with Crippen LogP contribution in [-0.4, -0.2) is 88.9 Å². The minimum Gasteiger partial charge on any atom is -0.444 e. The van der Waals surface area contributed by atoms with E-state index in [1.165, 1.54) is 4.80 Å². The van der Waals surface area contributed by atoms with E-state index in [2.05, 4.69) is 25.5 Å². The van der Waals surface area contributed by atoms with Crippen LogP contribution in [0.5, 0.6) is 0 Å². The van der Waals surface area contributed by atoms with E-state index in [-0.39, 0.29) is 23.9 Å². The summed E-state index contributed by atoms with van der Waals surface area (Å²) in [6, 6.07) is 10.6.